The molecule has 0 saturated heterocycles. The quantitative estimate of drug-likeness (QED) is 0.207. The van der Waals surface area contributed by atoms with Crippen molar-refractivity contribution < 1.29 is 53.4 Å². The summed E-state index contributed by atoms with van der Waals surface area (Å²) in [5.41, 5.74) is 3.63. The second-order valence-corrected chi connectivity index (χ2v) is 11.8. The van der Waals surface area contributed by atoms with Crippen molar-refractivity contribution >= 4 is 35.0 Å². The van der Waals surface area contributed by atoms with Crippen LogP contribution in [0.2, 0.25) is 5.02 Å². The lowest BCUT2D eigenvalue weighted by Gasteiger charge is -2.38. The minimum atomic E-state index is -2.13. The number of halogens is 1. The summed E-state index contributed by atoms with van der Waals surface area (Å²) < 4.78 is 22.3. The lowest BCUT2D eigenvalue weighted by molar-refractivity contribution is -0.127. The summed E-state index contributed by atoms with van der Waals surface area (Å²) >= 11 is 6.56. The molecular weight excluding hydrogens is 648 g/mol. The molecule has 0 fully saturated rings. The van der Waals surface area contributed by atoms with Crippen LogP contribution in [0.4, 0.5) is 0 Å². The van der Waals surface area contributed by atoms with Crippen molar-refractivity contribution in [2.24, 2.45) is 11.7 Å². The van der Waals surface area contributed by atoms with E-state index in [1.54, 1.807) is 6.92 Å². The third-order valence-electron chi connectivity index (χ3n) is 8.67. The first kappa shape index (κ1) is 33.9. The van der Waals surface area contributed by atoms with Gasteiger partial charge in [0.2, 0.25) is 23.2 Å². The van der Waals surface area contributed by atoms with E-state index in [0.717, 1.165) is 0 Å². The molecule has 5 rings (SSSR count). The number of phenolic OH excluding ortho intramolecular Hbond substituents is 2. The number of carbonyl (C=O) groups is 4. The van der Waals surface area contributed by atoms with E-state index in [2.05, 4.69) is 5.32 Å². The van der Waals surface area contributed by atoms with E-state index >= 15 is 0 Å². The number of fused-ring (bicyclic) bond motifs is 1. The fourth-order valence-electron chi connectivity index (χ4n) is 6.23. The molecule has 1 aliphatic heterocycles. The number of amides is 2. The molecule has 48 heavy (non-hydrogen) atoms. The number of nitrogens with two attached hydrogens (primary N) is 1. The third-order valence-corrected chi connectivity index (χ3v) is 9.03. The smallest absolute Gasteiger partial charge is 0.244 e. The van der Waals surface area contributed by atoms with E-state index in [1.807, 2.05) is 0 Å². The van der Waals surface area contributed by atoms with E-state index in [0.29, 0.717) is 0 Å². The number of phenols is 2. The summed E-state index contributed by atoms with van der Waals surface area (Å²) in [6.45, 7) is 1.56. The summed E-state index contributed by atoms with van der Waals surface area (Å²) in [6.07, 6.45) is -0.814. The first-order valence-corrected chi connectivity index (χ1v) is 15.1. The summed E-state index contributed by atoms with van der Waals surface area (Å²) in [5, 5.41) is 34.5. The number of aromatic hydroxyl groups is 2. The molecular formula is C34H33ClN2O11. The van der Waals surface area contributed by atoms with Gasteiger partial charge in [-0.25, -0.2) is 0 Å². The molecule has 3 aromatic rings. The predicted octanol–water partition coefficient (Wildman–Crippen LogP) is 4.03. The van der Waals surface area contributed by atoms with E-state index in [9.17, 15) is 34.5 Å². The Balaban J connectivity index is 1.65. The van der Waals surface area contributed by atoms with Crippen LogP contribution in [0, 0.1) is 5.92 Å². The van der Waals surface area contributed by atoms with Crippen LogP contribution in [0.15, 0.2) is 59.9 Å². The molecule has 0 radical (unpaired) electrons. The van der Waals surface area contributed by atoms with Gasteiger partial charge in [-0.2, -0.15) is 0 Å². The molecule has 252 valence electrons. The molecule has 6 N–H and O–H groups in total. The number of ether oxygens (including phenoxy) is 4. The topological polar surface area (TPSA) is 204 Å². The van der Waals surface area contributed by atoms with Crippen molar-refractivity contribution in [2.45, 2.75) is 37.3 Å². The number of primary amides is 1. The maximum atomic E-state index is 14.3. The third kappa shape index (κ3) is 5.59. The number of rotatable bonds is 10. The average Bonchev–Trinajstić information content (AvgIpc) is 3.37. The number of allylic oxidation sites excluding steroid dienone is 1. The van der Waals surface area contributed by atoms with Crippen LogP contribution in [0.3, 0.4) is 0 Å². The van der Waals surface area contributed by atoms with Crippen LogP contribution in [0.25, 0.3) is 0 Å². The molecule has 13 nitrogen and oxygen atoms in total. The summed E-state index contributed by atoms with van der Waals surface area (Å²) in [7, 11) is 4.01. The Hall–Kier alpha value is -5.43. The number of Topliss-reactive ketones (excluding diaryl/α,β-unsaturated/α-hetero) is 2. The van der Waals surface area contributed by atoms with Gasteiger partial charge in [0.1, 0.15) is 33.9 Å². The van der Waals surface area contributed by atoms with Gasteiger partial charge in [-0.15, -0.1) is 0 Å². The first-order valence-electron chi connectivity index (χ1n) is 14.7. The number of benzene rings is 3. The van der Waals surface area contributed by atoms with E-state index in [1.165, 1.54) is 69.9 Å². The van der Waals surface area contributed by atoms with Crippen molar-refractivity contribution in [2.75, 3.05) is 21.3 Å². The number of aliphatic hydroxyl groups excluding tert-OH is 1. The minimum Gasteiger partial charge on any atom is -0.508 e. The van der Waals surface area contributed by atoms with Gasteiger partial charge in [0, 0.05) is 36.3 Å². The van der Waals surface area contributed by atoms with E-state index in [4.69, 9.17) is 36.3 Å². The fraction of sp³-hybridized carbons (Fsp3) is 0.294. The highest BCUT2D eigenvalue weighted by Crippen LogP contribution is 2.56. The Morgan fingerprint density at radius 1 is 0.979 bits per heavy atom. The van der Waals surface area contributed by atoms with Gasteiger partial charge >= 0.3 is 0 Å². The molecule has 1 spiro atoms. The van der Waals surface area contributed by atoms with Crippen LogP contribution in [-0.4, -0.2) is 65.6 Å². The maximum Gasteiger partial charge on any atom is 0.244 e. The van der Waals surface area contributed by atoms with Gasteiger partial charge < -0.3 is 45.3 Å². The summed E-state index contributed by atoms with van der Waals surface area (Å²) in [6, 6.07) is 9.64. The number of ketones is 2. The zero-order valence-electron chi connectivity index (χ0n) is 26.3. The van der Waals surface area contributed by atoms with Crippen molar-refractivity contribution in [3.8, 4) is 34.5 Å². The van der Waals surface area contributed by atoms with Crippen LogP contribution < -0.4 is 30.0 Å². The van der Waals surface area contributed by atoms with Crippen molar-refractivity contribution in [3.05, 3.63) is 81.6 Å². The highest BCUT2D eigenvalue weighted by atomic mass is 35.5. The predicted molar refractivity (Wildman–Crippen MR) is 171 cm³/mol. The number of aliphatic hydroxyl groups is 1. The summed E-state index contributed by atoms with van der Waals surface area (Å²) in [5.74, 6) is -6.05. The van der Waals surface area contributed by atoms with Crippen molar-refractivity contribution in [3.63, 3.8) is 0 Å². The number of carbonyl (C=O) groups excluding carboxylic acids is 4. The summed E-state index contributed by atoms with van der Waals surface area (Å²) in [4.78, 5) is 54.2. The van der Waals surface area contributed by atoms with Crippen molar-refractivity contribution in [1.29, 1.82) is 0 Å². The van der Waals surface area contributed by atoms with E-state index < -0.39 is 59.0 Å². The second-order valence-electron chi connectivity index (χ2n) is 11.4. The molecule has 2 aliphatic rings. The van der Waals surface area contributed by atoms with Gasteiger partial charge in [0.15, 0.2) is 28.8 Å². The molecule has 14 heteroatoms. The molecule has 1 heterocycles. The average molecular weight is 681 g/mol. The number of hydrogen-bond donors (Lipinski definition) is 5. The zero-order valence-corrected chi connectivity index (χ0v) is 27.1. The van der Waals surface area contributed by atoms with Gasteiger partial charge in [-0.1, -0.05) is 36.7 Å². The minimum absolute atomic E-state index is 0.00709. The lowest BCUT2D eigenvalue weighted by atomic mass is 9.69. The van der Waals surface area contributed by atoms with Crippen LogP contribution in [0.5, 0.6) is 34.5 Å². The Morgan fingerprint density at radius 2 is 1.60 bits per heavy atom. The fourth-order valence-corrected chi connectivity index (χ4v) is 6.49. The Bertz CT molecular complexity index is 1860. The zero-order chi connectivity index (χ0) is 35.1. The normalized spacial score (nSPS) is 19.7. The monoisotopic (exact) mass is 680 g/mol. The largest absolute Gasteiger partial charge is 0.508 e. The lowest BCUT2D eigenvalue weighted by Crippen LogP contribution is -2.53. The number of hydrogen-bond acceptors (Lipinski definition) is 11. The number of methoxy groups -OCH3 is 3. The molecule has 0 saturated carbocycles. The number of nitrogens with one attached hydrogen (secondary N) is 1. The highest BCUT2D eigenvalue weighted by molar-refractivity contribution is 6.35. The molecule has 1 aliphatic carbocycles. The van der Waals surface area contributed by atoms with Gasteiger partial charge in [0.25, 0.3) is 0 Å². The van der Waals surface area contributed by atoms with Crippen LogP contribution >= 0.6 is 11.6 Å². The van der Waals surface area contributed by atoms with Gasteiger partial charge in [-0.3, -0.25) is 19.2 Å². The first-order chi connectivity index (χ1) is 22.8. The maximum absolute atomic E-state index is 14.3. The highest BCUT2D eigenvalue weighted by Gasteiger charge is 2.61. The molecule has 2 amide bonds. The Kier molecular flexibility index (Phi) is 9.18. The van der Waals surface area contributed by atoms with Gasteiger partial charge in [0.05, 0.1) is 21.3 Å². The molecule has 3 aromatic carbocycles. The second kappa shape index (κ2) is 13.0. The Labute approximate surface area is 279 Å². The van der Waals surface area contributed by atoms with Crippen LogP contribution in [0.1, 0.15) is 53.2 Å². The molecule has 0 bridgehead atoms. The Morgan fingerprint density at radius 3 is 2.21 bits per heavy atom. The molecule has 0 aromatic heterocycles. The molecule has 1 unspecified atom stereocenters. The van der Waals surface area contributed by atoms with E-state index in [-0.39, 0.29) is 68.2 Å². The van der Waals surface area contributed by atoms with Crippen LogP contribution in [-0.2, 0) is 14.4 Å². The SMILES string of the molecule is COc1cc(C(CC(=O)N[C@@H](C(N)=O)c2ccc(O)cc2)C2=C(O)[C@@]3(Oc4c(Cl)c(OC)cc(OC)c4C3=O)[C@H](C)CC2=O)ccc1O. The standard InChI is InChI=1S/C34H33ClN2O11/c1-15-11-21(40)26(31(42)34(15)32(43)27-23(46-3)14-24(47-4)28(35)30(27)48-34)19(17-7-10-20(39)22(12-17)45-2)13-25(41)37-29(33(36)44)16-5-8-18(38)9-6-16/h5-10,12,14-15,19,29,38-39,42H,11,13H2,1-4H3,(H2,36,44)(H,37,41)/t15-,19?,29-,34+/m1/s1. The van der Waals surface area contributed by atoms with Crippen molar-refractivity contribution in [1.82, 2.24) is 5.32 Å². The molecule has 4 atom stereocenters. The van der Waals surface area contributed by atoms with Gasteiger partial charge in [-0.05, 0) is 35.4 Å².